The van der Waals surface area contributed by atoms with Gasteiger partial charge in [0.2, 0.25) is 5.91 Å². The number of methoxy groups -OCH3 is 1. The number of alkyl carbamates (subject to hydrolysis) is 1. The van der Waals surface area contributed by atoms with Crippen molar-refractivity contribution >= 4 is 17.8 Å². The van der Waals surface area contributed by atoms with Crippen molar-refractivity contribution in [2.24, 2.45) is 45.8 Å². The molecule has 2 unspecified atom stereocenters. The molecule has 1 saturated heterocycles. The molecule has 0 radical (unpaired) electrons. The lowest BCUT2D eigenvalue weighted by molar-refractivity contribution is -0.191. The second kappa shape index (κ2) is 11.8. The van der Waals surface area contributed by atoms with E-state index in [-0.39, 0.29) is 52.8 Å². The van der Waals surface area contributed by atoms with Gasteiger partial charge in [0.1, 0.15) is 11.9 Å². The Hall–Kier alpha value is -1.91. The zero-order chi connectivity index (χ0) is 29.5. The van der Waals surface area contributed by atoms with Crippen LogP contribution in [0.4, 0.5) is 4.79 Å². The molecule has 0 aromatic heterocycles. The highest BCUT2D eigenvalue weighted by molar-refractivity contribution is 5.93. The molecule has 4 fully saturated rings. The number of hydrogen-bond donors (Lipinski definition) is 1. The molecule has 40 heavy (non-hydrogen) atoms. The lowest BCUT2D eigenvalue weighted by atomic mass is 9.44. The smallest absolute Gasteiger partial charge is 0.414 e. The molecule has 0 aromatic carbocycles. The predicted molar refractivity (Wildman–Crippen MR) is 155 cm³/mol. The van der Waals surface area contributed by atoms with Crippen LogP contribution >= 0.6 is 0 Å². The van der Waals surface area contributed by atoms with Gasteiger partial charge in [-0.2, -0.15) is 0 Å². The van der Waals surface area contributed by atoms with Gasteiger partial charge in [-0.05, 0) is 69.4 Å². The Morgan fingerprint density at radius 1 is 1.10 bits per heavy atom. The molecule has 7 heteroatoms. The van der Waals surface area contributed by atoms with Gasteiger partial charge < -0.3 is 14.4 Å². The fourth-order valence-electron chi connectivity index (χ4n) is 9.13. The molecule has 224 valence electrons. The van der Waals surface area contributed by atoms with Crippen molar-refractivity contribution < 1.29 is 23.9 Å². The van der Waals surface area contributed by atoms with Crippen LogP contribution in [-0.4, -0.2) is 62.1 Å². The van der Waals surface area contributed by atoms with E-state index in [9.17, 15) is 14.4 Å². The number of Topliss-reactive ketones (excluding diaryl/α,β-unsaturated/α-hetero) is 1. The number of carbonyl (C=O) groups excluding carboxylic acids is 3. The largest absolute Gasteiger partial charge is 0.445 e. The summed E-state index contributed by atoms with van der Waals surface area (Å²) in [5.41, 5.74) is -1.37. The van der Waals surface area contributed by atoms with Crippen LogP contribution in [0.25, 0.3) is 0 Å². The molecule has 2 bridgehead atoms. The van der Waals surface area contributed by atoms with E-state index >= 15 is 0 Å². The first-order chi connectivity index (χ1) is 18.8. The van der Waals surface area contributed by atoms with Gasteiger partial charge in [0.25, 0.3) is 0 Å². The molecule has 4 aliphatic rings. The first kappa shape index (κ1) is 31.0. The summed E-state index contributed by atoms with van der Waals surface area (Å²) in [5.74, 6) is 6.52. The van der Waals surface area contributed by atoms with Gasteiger partial charge in [0, 0.05) is 49.2 Å². The first-order valence-electron chi connectivity index (χ1n) is 15.6. The Kier molecular flexibility index (Phi) is 9.13. The molecule has 10 atom stereocenters. The van der Waals surface area contributed by atoms with E-state index in [4.69, 9.17) is 9.47 Å². The molecule has 3 aliphatic carbocycles. The Morgan fingerprint density at radius 2 is 1.80 bits per heavy atom. The van der Waals surface area contributed by atoms with Gasteiger partial charge in [-0.25, -0.2) is 4.79 Å². The van der Waals surface area contributed by atoms with Crippen LogP contribution in [-0.2, 0) is 19.1 Å². The molecule has 0 aromatic rings. The van der Waals surface area contributed by atoms with Gasteiger partial charge in [-0.3, -0.25) is 14.9 Å². The van der Waals surface area contributed by atoms with Crippen molar-refractivity contribution in [1.29, 1.82) is 0 Å². The monoisotopic (exact) mass is 556 g/mol. The highest BCUT2D eigenvalue weighted by Crippen LogP contribution is 2.68. The van der Waals surface area contributed by atoms with Gasteiger partial charge in [0.05, 0.1) is 12.0 Å². The number of ether oxygens (including phenoxy) is 2. The minimum absolute atomic E-state index is 0.00154. The van der Waals surface area contributed by atoms with Crippen LogP contribution in [0.5, 0.6) is 0 Å². The summed E-state index contributed by atoms with van der Waals surface area (Å²) in [6, 6.07) is 0. The number of hydrogen-bond acceptors (Lipinski definition) is 6. The van der Waals surface area contributed by atoms with E-state index in [0.29, 0.717) is 19.4 Å². The highest BCUT2D eigenvalue weighted by atomic mass is 16.6. The van der Waals surface area contributed by atoms with Crippen LogP contribution in [0, 0.1) is 57.7 Å². The van der Waals surface area contributed by atoms with Gasteiger partial charge >= 0.3 is 6.09 Å². The minimum Gasteiger partial charge on any atom is -0.445 e. The molecule has 7 nitrogen and oxygen atoms in total. The topological polar surface area (TPSA) is 84.9 Å². The Morgan fingerprint density at radius 3 is 2.48 bits per heavy atom. The maximum absolute atomic E-state index is 14.4. The standard InChI is InChI=1S/C33H52N2O5/c1-9-10-11-15-31(5)19-26(40-30(38)34-29(37)24-20-35(7)18-14-21(24)2)32(6)22(3)12-16-33(23(4)28(31)36)17-13-25(39-8)27(32)33/h21-27H,9,12-20H2,1-8H3,(H,34,37,38)/t21-,22+,23-,24-,25+,26+,27?,31+,32-,33?/m0/s1. The number of amides is 2. The molecule has 2 amide bonds. The summed E-state index contributed by atoms with van der Waals surface area (Å²) in [6.07, 6.45) is 5.02. The van der Waals surface area contributed by atoms with E-state index < -0.39 is 23.0 Å². The maximum atomic E-state index is 14.4. The van der Waals surface area contributed by atoms with Crippen molar-refractivity contribution in [2.45, 2.75) is 105 Å². The SMILES string of the molecule is CCC#CC[C@]1(C)C[C@@H](OC(=O)NC(=O)[C@H]2CN(C)CC[C@@H]2C)[C@@]2(C)C3[C@H](OC)CCC3(CC[C@H]2C)[C@@H](C)C1=O. The Labute approximate surface area is 241 Å². The average molecular weight is 557 g/mol. The van der Waals surface area contributed by atoms with Crippen molar-refractivity contribution in [3.05, 3.63) is 0 Å². The average Bonchev–Trinajstić information content (AvgIpc) is 3.31. The van der Waals surface area contributed by atoms with E-state index in [2.05, 4.69) is 49.8 Å². The van der Waals surface area contributed by atoms with Crippen molar-refractivity contribution in [2.75, 3.05) is 27.2 Å². The molecule has 4 rings (SSSR count). The van der Waals surface area contributed by atoms with Gasteiger partial charge in [-0.1, -0.05) is 41.5 Å². The van der Waals surface area contributed by atoms with E-state index in [1.54, 1.807) is 7.11 Å². The van der Waals surface area contributed by atoms with Crippen molar-refractivity contribution in [3.63, 3.8) is 0 Å². The quantitative estimate of drug-likeness (QED) is 0.463. The predicted octanol–water partition coefficient (Wildman–Crippen LogP) is 5.46. The molecular weight excluding hydrogens is 504 g/mol. The third-order valence-electron chi connectivity index (χ3n) is 11.9. The molecule has 1 heterocycles. The third-order valence-corrected chi connectivity index (χ3v) is 11.9. The first-order valence-corrected chi connectivity index (χ1v) is 15.6. The third kappa shape index (κ3) is 5.24. The second-order valence-electron chi connectivity index (χ2n) is 14.1. The van der Waals surface area contributed by atoms with E-state index in [1.165, 1.54) is 0 Å². The number of rotatable bonds is 4. The van der Waals surface area contributed by atoms with Crippen LogP contribution in [0.3, 0.4) is 0 Å². The summed E-state index contributed by atoms with van der Waals surface area (Å²) in [7, 11) is 3.78. The van der Waals surface area contributed by atoms with Gasteiger partial charge in [-0.15, -0.1) is 11.8 Å². The molecule has 0 spiro atoms. The number of likely N-dealkylation sites (tertiary alicyclic amines) is 1. The van der Waals surface area contributed by atoms with Crippen LogP contribution in [0.1, 0.15) is 92.9 Å². The summed E-state index contributed by atoms with van der Waals surface area (Å²) in [4.78, 5) is 43.3. The fourth-order valence-corrected chi connectivity index (χ4v) is 9.13. The zero-order valence-electron chi connectivity index (χ0n) is 26.1. The number of nitrogens with zero attached hydrogens (tertiary/aromatic N) is 1. The van der Waals surface area contributed by atoms with Crippen molar-refractivity contribution in [1.82, 2.24) is 10.2 Å². The molecule has 1 aliphatic heterocycles. The second-order valence-corrected chi connectivity index (χ2v) is 14.1. The Balaban J connectivity index is 1.71. The zero-order valence-corrected chi connectivity index (χ0v) is 26.1. The summed E-state index contributed by atoms with van der Waals surface area (Å²) < 4.78 is 12.5. The maximum Gasteiger partial charge on any atom is 0.414 e. The van der Waals surface area contributed by atoms with Crippen LogP contribution in [0.2, 0.25) is 0 Å². The summed E-state index contributed by atoms with van der Waals surface area (Å²) in [6.45, 7) is 14.3. The lowest BCUT2D eigenvalue weighted by Gasteiger charge is -2.61. The van der Waals surface area contributed by atoms with Crippen molar-refractivity contribution in [3.8, 4) is 11.8 Å². The number of piperidine rings is 1. The Bertz CT molecular complexity index is 1050. The summed E-state index contributed by atoms with van der Waals surface area (Å²) >= 11 is 0. The minimum atomic E-state index is -0.751. The molecule has 1 N–H and O–H groups in total. The molecular formula is C33H52N2O5. The molecule has 3 saturated carbocycles. The number of ketones is 1. The van der Waals surface area contributed by atoms with E-state index in [1.807, 2.05) is 20.9 Å². The van der Waals surface area contributed by atoms with E-state index in [0.717, 1.165) is 45.1 Å². The fraction of sp³-hybridized carbons (Fsp3) is 0.848. The summed E-state index contributed by atoms with van der Waals surface area (Å²) in [5, 5.41) is 2.60. The number of imide groups is 1. The van der Waals surface area contributed by atoms with Crippen LogP contribution < -0.4 is 5.32 Å². The lowest BCUT2D eigenvalue weighted by Crippen LogP contribution is -2.63. The van der Waals surface area contributed by atoms with Crippen LogP contribution in [0.15, 0.2) is 0 Å². The highest BCUT2D eigenvalue weighted by Gasteiger charge is 2.68. The normalized spacial score (nSPS) is 43.5. The van der Waals surface area contributed by atoms with Gasteiger partial charge in [0.15, 0.2) is 0 Å². The number of nitrogens with one attached hydrogen (secondary N) is 1. The number of carbonyl (C=O) groups is 3.